The van der Waals surface area contributed by atoms with Gasteiger partial charge in [-0.25, -0.2) is 0 Å². The van der Waals surface area contributed by atoms with Crippen molar-refractivity contribution in [1.29, 1.82) is 0 Å². The second-order valence-electron chi connectivity index (χ2n) is 11.8. The van der Waals surface area contributed by atoms with E-state index in [1.54, 1.807) is 13.3 Å². The molecule has 0 spiro atoms. The summed E-state index contributed by atoms with van der Waals surface area (Å²) in [5, 5.41) is 0. The van der Waals surface area contributed by atoms with Crippen LogP contribution in [-0.4, -0.2) is 12.2 Å². The molecule has 0 atom stereocenters. The monoisotopic (exact) mass is 724 g/mol. The zero-order chi connectivity index (χ0) is 23.2. The molecule has 0 amide bonds. The third kappa shape index (κ3) is 4.84. The summed E-state index contributed by atoms with van der Waals surface area (Å²) in [6.45, 7) is 14.1. The Morgan fingerprint density at radius 3 is 1.18 bits per heavy atom. The molecule has 0 unspecified atom stereocenters. The first kappa shape index (κ1) is 29.6. The molecule has 0 nitrogen and oxygen atoms in total. The molecule has 2 aromatic carbocycles. The van der Waals surface area contributed by atoms with Gasteiger partial charge in [0.1, 0.15) is 0 Å². The molecule has 0 N–H and O–H groups in total. The minimum Gasteiger partial charge on any atom is -0.147 e. The average molecular weight is 723 g/mol. The topological polar surface area (TPSA) is 0 Å². The number of halogens is 2. The summed E-state index contributed by atoms with van der Waals surface area (Å²) in [4.78, 5) is 0. The van der Waals surface area contributed by atoms with Crippen molar-refractivity contribution in [3.8, 4) is 0 Å². The van der Waals surface area contributed by atoms with E-state index < -0.39 is 15.4 Å². The quantitative estimate of drug-likeness (QED) is 0.292. The van der Waals surface area contributed by atoms with Gasteiger partial charge in [0, 0.05) is 0 Å². The van der Waals surface area contributed by atoms with Crippen LogP contribution in [0.3, 0.4) is 0 Å². The van der Waals surface area contributed by atoms with E-state index in [4.69, 9.17) is 0 Å². The molecule has 2 aliphatic carbocycles. The maximum atomic E-state index is 2.63. The van der Waals surface area contributed by atoms with Gasteiger partial charge in [0.25, 0.3) is 0 Å². The van der Waals surface area contributed by atoms with Gasteiger partial charge in [-0.1, -0.05) is 0 Å². The molecule has 34 heavy (non-hydrogen) atoms. The first-order valence-corrected chi connectivity index (χ1v) is 33.8. The summed E-state index contributed by atoms with van der Waals surface area (Å²) in [5.41, 5.74) is 3.39. The molecule has 0 aromatic heterocycles. The van der Waals surface area contributed by atoms with Crippen molar-refractivity contribution in [2.45, 2.75) is 54.4 Å². The minimum absolute atomic E-state index is 0. The number of benzene rings is 2. The van der Waals surface area contributed by atoms with E-state index in [1.807, 2.05) is 0 Å². The first-order valence-electron chi connectivity index (χ1n) is 11.9. The van der Waals surface area contributed by atoms with Crippen LogP contribution >= 0.6 is 24.8 Å². The van der Waals surface area contributed by atoms with Gasteiger partial charge in [0.2, 0.25) is 0 Å². The Bertz CT molecular complexity index is 1120. The molecule has 2 aliphatic rings. The molecular formula is C30H40Cl2GeHf. The van der Waals surface area contributed by atoms with Crippen molar-refractivity contribution in [1.82, 2.24) is 0 Å². The Kier molecular flexibility index (Phi) is 9.06. The Hall–Kier alpha value is -0.607. The van der Waals surface area contributed by atoms with E-state index in [0.29, 0.717) is 0 Å². The molecule has 4 heteroatoms. The van der Waals surface area contributed by atoms with E-state index >= 15 is 0 Å². The number of rotatable bonds is 4. The van der Waals surface area contributed by atoms with Crippen molar-refractivity contribution in [3.63, 3.8) is 0 Å². The van der Waals surface area contributed by atoms with Gasteiger partial charge in [-0.3, -0.25) is 0 Å². The number of hydrogen-bond acceptors (Lipinski definition) is 0. The number of hydrogen-bond donors (Lipinski definition) is 0. The predicted octanol–water partition coefficient (Wildman–Crippen LogP) is 7.24. The first-order chi connectivity index (χ1) is 15.0. The maximum Gasteiger partial charge on any atom is -0.147 e. The second-order valence-corrected chi connectivity index (χ2v) is 55.3. The van der Waals surface area contributed by atoms with Crippen LogP contribution in [-0.2, 0) is 15.4 Å². The van der Waals surface area contributed by atoms with E-state index in [1.165, 1.54) is 23.4 Å². The Morgan fingerprint density at radius 1 is 0.588 bits per heavy atom. The molecule has 4 rings (SSSR count). The van der Waals surface area contributed by atoms with Crippen LogP contribution in [0.1, 0.15) is 54.4 Å². The Balaban J connectivity index is 0.00000204. The zero-order valence-electron chi connectivity index (χ0n) is 21.5. The fraction of sp³-hybridized carbons (Fsp3) is 0.333. The Morgan fingerprint density at radius 2 is 0.912 bits per heavy atom. The molecule has 182 valence electrons. The van der Waals surface area contributed by atoms with Gasteiger partial charge >= 0.3 is 202 Å². The molecule has 0 saturated carbocycles. The smallest absolute Gasteiger partial charge is 0.147 e. The van der Waals surface area contributed by atoms with Crippen LogP contribution in [0.25, 0.3) is 0 Å². The third-order valence-corrected chi connectivity index (χ3v) is 61.6. The van der Waals surface area contributed by atoms with Gasteiger partial charge in [-0.2, -0.15) is 0 Å². The summed E-state index contributed by atoms with van der Waals surface area (Å²) < 4.78 is 6.75. The fourth-order valence-corrected chi connectivity index (χ4v) is 44.2. The average Bonchev–Trinajstić information content (AvgIpc) is 3.45. The largest absolute Gasteiger partial charge is 0.147 e. The molecule has 0 fully saturated rings. The molecule has 0 heterocycles. The van der Waals surface area contributed by atoms with E-state index in [-0.39, 0.29) is 35.6 Å². The van der Waals surface area contributed by atoms with Crippen LogP contribution < -0.4 is 6.64 Å². The molecule has 0 radical (unpaired) electrons. The van der Waals surface area contributed by atoms with Crippen molar-refractivity contribution in [2.24, 2.45) is 10.8 Å². The molecular weight excluding hydrogens is 682 g/mol. The molecule has 0 saturated heterocycles. The number of allylic oxidation sites excluding steroid dienone is 8. The molecule has 0 aliphatic heterocycles. The maximum absolute atomic E-state index is 4.11. The van der Waals surface area contributed by atoms with E-state index in [9.17, 15) is 0 Å². The SMILES string of the molecule is CC(C)(C)C1=CC[C]([Hf](=[GeH2])([C]2=CC(C(C)(C)C)=CC2)([c]2ccccc2)[c]2ccccc2)=C1.Cl.Cl. The molecule has 2 aromatic rings. The van der Waals surface area contributed by atoms with Crippen molar-refractivity contribution >= 4 is 43.7 Å². The Labute approximate surface area is 225 Å². The van der Waals surface area contributed by atoms with Gasteiger partial charge in [0.05, 0.1) is 0 Å². The standard InChI is InChI=1S/2C9H13.2C6H5.2ClH.GeH2.Hf/c2*1-9(2,3)8-6-4-5-7-8;2*1-2-4-6-5-3-1;;;;/h2*6-7H,4H2,1-3H3;2*1-5H;2*1H;1H2;. The van der Waals surface area contributed by atoms with Crippen LogP contribution in [0, 0.1) is 10.8 Å². The fourth-order valence-electron chi connectivity index (χ4n) is 5.59. The van der Waals surface area contributed by atoms with E-state index in [2.05, 4.69) is 127 Å². The normalized spacial score (nSPS) is 16.6. The summed E-state index contributed by atoms with van der Waals surface area (Å²) >= 11 is -2.78. The van der Waals surface area contributed by atoms with Gasteiger partial charge < -0.3 is 0 Å². The van der Waals surface area contributed by atoms with Gasteiger partial charge in [0.15, 0.2) is 0 Å². The predicted molar refractivity (Wildman–Crippen MR) is 156 cm³/mol. The second kappa shape index (κ2) is 10.4. The third-order valence-electron chi connectivity index (χ3n) is 7.71. The van der Waals surface area contributed by atoms with E-state index in [0.717, 1.165) is 12.8 Å². The minimum atomic E-state index is -4.11. The van der Waals surface area contributed by atoms with Crippen LogP contribution in [0.2, 0.25) is 0 Å². The zero-order valence-corrected chi connectivity index (χ0v) is 29.7. The van der Waals surface area contributed by atoms with Crippen LogP contribution in [0.15, 0.2) is 103 Å². The summed E-state index contributed by atoms with van der Waals surface area (Å²) in [6, 6.07) is 23.3. The van der Waals surface area contributed by atoms with Crippen molar-refractivity contribution in [2.75, 3.05) is 0 Å². The van der Waals surface area contributed by atoms with Crippen molar-refractivity contribution < 1.29 is 15.4 Å². The summed E-state index contributed by atoms with van der Waals surface area (Å²) in [5.74, 6) is 0. The van der Waals surface area contributed by atoms with Crippen molar-refractivity contribution in [3.05, 3.63) is 103 Å². The summed E-state index contributed by atoms with van der Waals surface area (Å²) in [7, 11) is 0. The molecule has 0 bridgehead atoms. The van der Waals surface area contributed by atoms with Crippen LogP contribution in [0.4, 0.5) is 0 Å². The van der Waals surface area contributed by atoms with Gasteiger partial charge in [-0.15, -0.1) is 24.8 Å². The van der Waals surface area contributed by atoms with Crippen LogP contribution in [0.5, 0.6) is 0 Å². The summed E-state index contributed by atoms with van der Waals surface area (Å²) in [6.07, 6.45) is 12.5. The van der Waals surface area contributed by atoms with Gasteiger partial charge in [-0.05, 0) is 0 Å².